The average molecular weight is 358 g/mol. The normalized spacial score (nSPS) is 10.8. The van der Waals surface area contributed by atoms with Gasteiger partial charge in [-0.15, -0.1) is 0 Å². The number of carbonyl (C=O) groups excluding carboxylic acids is 1. The van der Waals surface area contributed by atoms with Gasteiger partial charge in [-0.2, -0.15) is 0 Å². The van der Waals surface area contributed by atoms with Crippen molar-refractivity contribution in [3.05, 3.63) is 64.3 Å². The number of carboxylic acid groups (broad SMARTS) is 1. The zero-order chi connectivity index (χ0) is 18.0. The number of ketones is 1. The predicted octanol–water partition coefficient (Wildman–Crippen LogP) is 4.02. The van der Waals surface area contributed by atoms with Crippen molar-refractivity contribution in [3.63, 3.8) is 0 Å². The Balaban J connectivity index is 1.87. The van der Waals surface area contributed by atoms with Crippen LogP contribution in [0.25, 0.3) is 10.9 Å². The second-order valence-corrected chi connectivity index (χ2v) is 6.13. The molecule has 0 saturated heterocycles. The molecule has 0 atom stereocenters. The molecule has 3 aromatic rings. The number of benzene rings is 2. The highest BCUT2D eigenvalue weighted by molar-refractivity contribution is 6.30. The molecule has 5 nitrogen and oxygen atoms in total. The number of hydrogen-bond donors (Lipinski definition) is 2. The minimum absolute atomic E-state index is 0.114. The lowest BCUT2D eigenvalue weighted by molar-refractivity contribution is -0.136. The predicted molar refractivity (Wildman–Crippen MR) is 95.7 cm³/mol. The minimum atomic E-state index is -0.920. The third kappa shape index (κ3) is 3.67. The quantitative estimate of drug-likeness (QED) is 0.653. The number of carbonyl (C=O) groups is 2. The number of halogens is 1. The summed E-state index contributed by atoms with van der Waals surface area (Å²) in [5.41, 5.74) is 2.73. The van der Waals surface area contributed by atoms with Crippen molar-refractivity contribution < 1.29 is 19.4 Å². The molecule has 2 N–H and O–H groups in total. The molecule has 0 bridgehead atoms. The van der Waals surface area contributed by atoms with Crippen LogP contribution in [0.15, 0.2) is 42.5 Å². The molecule has 0 aliphatic carbocycles. The van der Waals surface area contributed by atoms with E-state index in [2.05, 4.69) is 4.98 Å². The van der Waals surface area contributed by atoms with Gasteiger partial charge < -0.3 is 14.8 Å². The van der Waals surface area contributed by atoms with Gasteiger partial charge in [0.05, 0.1) is 6.42 Å². The van der Waals surface area contributed by atoms with E-state index in [-0.39, 0.29) is 18.8 Å². The summed E-state index contributed by atoms with van der Waals surface area (Å²) < 4.78 is 5.71. The maximum atomic E-state index is 12.3. The van der Waals surface area contributed by atoms with Crippen LogP contribution in [0.5, 0.6) is 5.75 Å². The smallest absolute Gasteiger partial charge is 0.307 e. The Kier molecular flexibility index (Phi) is 4.76. The van der Waals surface area contributed by atoms with Gasteiger partial charge in [0.15, 0.2) is 12.4 Å². The largest absolute Gasteiger partial charge is 0.485 e. The molecule has 0 aliphatic rings. The summed E-state index contributed by atoms with van der Waals surface area (Å²) >= 11 is 5.82. The Labute approximate surface area is 149 Å². The van der Waals surface area contributed by atoms with Gasteiger partial charge in [0, 0.05) is 27.2 Å². The second kappa shape index (κ2) is 6.99. The van der Waals surface area contributed by atoms with Gasteiger partial charge in [-0.3, -0.25) is 9.59 Å². The summed E-state index contributed by atoms with van der Waals surface area (Å²) in [5, 5.41) is 10.4. The Hall–Kier alpha value is -2.79. The van der Waals surface area contributed by atoms with Crippen LogP contribution < -0.4 is 4.74 Å². The molecular weight excluding hydrogens is 342 g/mol. The van der Waals surface area contributed by atoms with Gasteiger partial charge >= 0.3 is 5.97 Å². The SMILES string of the molecule is Cc1[nH]c2cccc(OCC(=O)c3ccc(Cl)cc3)c2c1CC(=O)O. The zero-order valence-electron chi connectivity index (χ0n) is 13.5. The Morgan fingerprint density at radius 1 is 1.16 bits per heavy atom. The number of nitrogens with one attached hydrogen (secondary N) is 1. The van der Waals surface area contributed by atoms with Crippen LogP contribution in [0.1, 0.15) is 21.6 Å². The monoisotopic (exact) mass is 357 g/mol. The van der Waals surface area contributed by atoms with Crippen LogP contribution in [-0.2, 0) is 11.2 Å². The number of fused-ring (bicyclic) bond motifs is 1. The van der Waals surface area contributed by atoms with Crippen LogP contribution in [0.3, 0.4) is 0 Å². The molecule has 0 spiro atoms. The average Bonchev–Trinajstić information content (AvgIpc) is 2.89. The third-order valence-corrected chi connectivity index (χ3v) is 4.21. The first-order valence-corrected chi connectivity index (χ1v) is 8.07. The van der Waals surface area contributed by atoms with Crippen molar-refractivity contribution in [2.45, 2.75) is 13.3 Å². The fourth-order valence-corrected chi connectivity index (χ4v) is 2.89. The van der Waals surface area contributed by atoms with Crippen molar-refractivity contribution in [3.8, 4) is 5.75 Å². The highest BCUT2D eigenvalue weighted by Gasteiger charge is 2.16. The zero-order valence-corrected chi connectivity index (χ0v) is 14.3. The Morgan fingerprint density at radius 2 is 1.88 bits per heavy atom. The lowest BCUT2D eigenvalue weighted by atomic mass is 10.1. The molecule has 0 fully saturated rings. The molecule has 25 heavy (non-hydrogen) atoms. The molecule has 0 saturated carbocycles. The molecule has 0 amide bonds. The van der Waals surface area contributed by atoms with Gasteiger partial charge in [0.25, 0.3) is 0 Å². The first-order valence-electron chi connectivity index (χ1n) is 7.69. The van der Waals surface area contributed by atoms with E-state index in [9.17, 15) is 9.59 Å². The van der Waals surface area contributed by atoms with E-state index in [0.29, 0.717) is 27.3 Å². The molecule has 0 unspecified atom stereocenters. The number of ether oxygens (including phenoxy) is 1. The van der Waals surface area contributed by atoms with Gasteiger partial charge in [-0.25, -0.2) is 0 Å². The molecular formula is C19H16ClNO4. The van der Waals surface area contributed by atoms with Crippen molar-refractivity contribution in [1.29, 1.82) is 0 Å². The van der Waals surface area contributed by atoms with Crippen molar-refractivity contribution in [2.24, 2.45) is 0 Å². The minimum Gasteiger partial charge on any atom is -0.485 e. The van der Waals surface area contributed by atoms with E-state index >= 15 is 0 Å². The fourth-order valence-electron chi connectivity index (χ4n) is 2.77. The van der Waals surface area contributed by atoms with E-state index in [4.69, 9.17) is 21.4 Å². The highest BCUT2D eigenvalue weighted by Crippen LogP contribution is 2.31. The van der Waals surface area contributed by atoms with Crippen molar-refractivity contribution in [1.82, 2.24) is 4.98 Å². The third-order valence-electron chi connectivity index (χ3n) is 3.96. The maximum absolute atomic E-state index is 12.3. The number of aromatic amines is 1. The van der Waals surface area contributed by atoms with Gasteiger partial charge in [-0.05, 0) is 48.9 Å². The van der Waals surface area contributed by atoms with E-state index in [1.54, 1.807) is 36.4 Å². The first-order chi connectivity index (χ1) is 12.0. The number of rotatable bonds is 6. The van der Waals surface area contributed by atoms with Crippen molar-refractivity contribution >= 4 is 34.3 Å². The first kappa shape index (κ1) is 17.0. The molecule has 1 heterocycles. The summed E-state index contributed by atoms with van der Waals surface area (Å²) in [4.78, 5) is 26.6. The number of aryl methyl sites for hydroxylation is 1. The Bertz CT molecular complexity index is 944. The van der Waals surface area contributed by atoms with Gasteiger partial charge in [-0.1, -0.05) is 17.7 Å². The lowest BCUT2D eigenvalue weighted by Crippen LogP contribution is -2.11. The van der Waals surface area contributed by atoms with Gasteiger partial charge in [0.2, 0.25) is 0 Å². The van der Waals surface area contributed by atoms with E-state index < -0.39 is 5.97 Å². The summed E-state index contributed by atoms with van der Waals surface area (Å²) in [6.45, 7) is 1.68. The molecule has 3 rings (SSSR count). The molecule has 6 heteroatoms. The van der Waals surface area contributed by atoms with Gasteiger partial charge in [0.1, 0.15) is 5.75 Å². The fraction of sp³-hybridized carbons (Fsp3) is 0.158. The molecule has 1 aromatic heterocycles. The number of hydrogen-bond acceptors (Lipinski definition) is 3. The number of aromatic nitrogens is 1. The van der Waals surface area contributed by atoms with Crippen LogP contribution in [0, 0.1) is 6.92 Å². The number of carboxylic acids is 1. The lowest BCUT2D eigenvalue weighted by Gasteiger charge is -2.08. The van der Waals surface area contributed by atoms with Crippen LogP contribution in [-0.4, -0.2) is 28.4 Å². The van der Waals surface area contributed by atoms with E-state index in [1.165, 1.54) is 0 Å². The van der Waals surface area contributed by atoms with E-state index in [1.807, 2.05) is 13.0 Å². The summed E-state index contributed by atoms with van der Waals surface area (Å²) in [6, 6.07) is 12.0. The molecule has 2 aromatic carbocycles. The topological polar surface area (TPSA) is 79.4 Å². The summed E-state index contributed by atoms with van der Waals surface area (Å²) in [6.07, 6.45) is -0.114. The highest BCUT2D eigenvalue weighted by atomic mass is 35.5. The molecule has 0 radical (unpaired) electrons. The van der Waals surface area contributed by atoms with Crippen LogP contribution in [0.2, 0.25) is 5.02 Å². The number of Topliss-reactive ketones (excluding diaryl/α,β-unsaturated/α-hetero) is 1. The number of H-pyrrole nitrogens is 1. The number of aliphatic carboxylic acids is 1. The van der Waals surface area contributed by atoms with E-state index in [0.717, 1.165) is 11.2 Å². The molecule has 128 valence electrons. The van der Waals surface area contributed by atoms with Crippen LogP contribution >= 0.6 is 11.6 Å². The second-order valence-electron chi connectivity index (χ2n) is 5.70. The standard InChI is InChI=1S/C19H16ClNO4/c1-11-14(9-18(23)24)19-15(21-11)3-2-4-17(19)25-10-16(22)12-5-7-13(20)8-6-12/h2-8,21H,9-10H2,1H3,(H,23,24). The van der Waals surface area contributed by atoms with Crippen molar-refractivity contribution in [2.75, 3.05) is 6.61 Å². The van der Waals surface area contributed by atoms with Crippen LogP contribution in [0.4, 0.5) is 0 Å². The maximum Gasteiger partial charge on any atom is 0.307 e. The Morgan fingerprint density at radius 3 is 2.56 bits per heavy atom. The summed E-state index contributed by atoms with van der Waals surface area (Å²) in [7, 11) is 0. The molecule has 0 aliphatic heterocycles. The summed E-state index contributed by atoms with van der Waals surface area (Å²) in [5.74, 6) is -0.614.